The Hall–Kier alpha value is -0.540. The summed E-state index contributed by atoms with van der Waals surface area (Å²) in [5, 5.41) is 0. The average Bonchev–Trinajstić information content (AvgIpc) is 2.19. The average molecular weight is 258 g/mol. The number of methoxy groups -OCH3 is 1. The van der Waals surface area contributed by atoms with E-state index in [0.29, 0.717) is 0 Å². The summed E-state index contributed by atoms with van der Waals surface area (Å²) in [6, 6.07) is 6.11. The van der Waals surface area contributed by atoms with E-state index in [0.717, 1.165) is 28.6 Å². The quantitative estimate of drug-likeness (QED) is 0.899. The molecule has 78 valence electrons. The molecule has 0 aliphatic heterocycles. The highest BCUT2D eigenvalue weighted by Gasteiger charge is 2.07. The van der Waals surface area contributed by atoms with Crippen molar-refractivity contribution < 1.29 is 4.74 Å². The Morgan fingerprint density at radius 1 is 1.50 bits per heavy atom. The van der Waals surface area contributed by atoms with Gasteiger partial charge in [-0.05, 0) is 40.0 Å². The summed E-state index contributed by atoms with van der Waals surface area (Å²) in [5.41, 5.74) is 7.14. The van der Waals surface area contributed by atoms with Crippen LogP contribution in [0.25, 0.3) is 0 Å². The van der Waals surface area contributed by atoms with Crippen molar-refractivity contribution in [2.75, 3.05) is 7.11 Å². The third-order valence-electron chi connectivity index (χ3n) is 2.20. The number of hydrogen-bond donors (Lipinski definition) is 1. The molecule has 2 N–H and O–H groups in total. The van der Waals surface area contributed by atoms with E-state index in [2.05, 4.69) is 22.9 Å². The molecule has 0 saturated carbocycles. The van der Waals surface area contributed by atoms with Gasteiger partial charge in [-0.15, -0.1) is 0 Å². The van der Waals surface area contributed by atoms with Crippen LogP contribution in [0.2, 0.25) is 0 Å². The van der Waals surface area contributed by atoms with Gasteiger partial charge in [0.25, 0.3) is 0 Å². The lowest BCUT2D eigenvalue weighted by molar-refractivity contribution is 0.411. The number of nitrogens with two attached hydrogens (primary N) is 1. The maximum atomic E-state index is 6.01. The first kappa shape index (κ1) is 11.5. The van der Waals surface area contributed by atoms with Gasteiger partial charge in [0.15, 0.2) is 0 Å². The van der Waals surface area contributed by atoms with E-state index in [1.807, 2.05) is 18.2 Å². The van der Waals surface area contributed by atoms with Crippen LogP contribution in [0.4, 0.5) is 0 Å². The molecule has 0 aromatic heterocycles. The first-order valence-electron chi connectivity index (χ1n) is 4.78. The highest BCUT2D eigenvalue weighted by atomic mass is 79.9. The molecule has 0 aliphatic rings. The van der Waals surface area contributed by atoms with Gasteiger partial charge in [0, 0.05) is 6.04 Å². The lowest BCUT2D eigenvalue weighted by atomic mass is 10.0. The van der Waals surface area contributed by atoms with Crippen molar-refractivity contribution in [3.8, 4) is 5.75 Å². The molecule has 1 aromatic carbocycles. The standard InChI is InChI=1S/C11H16BrNO/c1-3-4-10(13)8-5-6-9(12)11(7-8)14-2/h5-7,10H,3-4,13H2,1-2H3/t10-/m0/s1. The summed E-state index contributed by atoms with van der Waals surface area (Å²) in [6.07, 6.45) is 2.10. The molecule has 3 heteroatoms. The van der Waals surface area contributed by atoms with E-state index in [-0.39, 0.29) is 6.04 Å². The number of hydrogen-bond acceptors (Lipinski definition) is 2. The van der Waals surface area contributed by atoms with Crippen molar-refractivity contribution in [1.29, 1.82) is 0 Å². The number of ether oxygens (including phenoxy) is 1. The molecule has 0 aliphatic carbocycles. The molecule has 1 aromatic rings. The van der Waals surface area contributed by atoms with Crippen molar-refractivity contribution in [2.24, 2.45) is 5.73 Å². The lowest BCUT2D eigenvalue weighted by Gasteiger charge is -2.12. The zero-order chi connectivity index (χ0) is 10.6. The van der Waals surface area contributed by atoms with Crippen molar-refractivity contribution in [1.82, 2.24) is 0 Å². The van der Waals surface area contributed by atoms with Crippen LogP contribution in [0.3, 0.4) is 0 Å². The SMILES string of the molecule is CCC[C@H](N)c1ccc(Br)c(OC)c1. The van der Waals surface area contributed by atoms with Gasteiger partial charge in [0.2, 0.25) is 0 Å². The van der Waals surface area contributed by atoms with Gasteiger partial charge in [-0.2, -0.15) is 0 Å². The first-order chi connectivity index (χ1) is 6.69. The van der Waals surface area contributed by atoms with Gasteiger partial charge in [-0.3, -0.25) is 0 Å². The molecule has 0 amide bonds. The molecule has 0 unspecified atom stereocenters. The molecule has 14 heavy (non-hydrogen) atoms. The minimum absolute atomic E-state index is 0.113. The van der Waals surface area contributed by atoms with Gasteiger partial charge in [0.05, 0.1) is 11.6 Å². The Morgan fingerprint density at radius 3 is 2.79 bits per heavy atom. The molecule has 0 fully saturated rings. The minimum atomic E-state index is 0.113. The van der Waals surface area contributed by atoms with E-state index in [4.69, 9.17) is 10.5 Å². The molecule has 1 atom stereocenters. The van der Waals surface area contributed by atoms with Crippen LogP contribution in [0.5, 0.6) is 5.75 Å². The first-order valence-corrected chi connectivity index (χ1v) is 5.57. The third kappa shape index (κ3) is 2.72. The molecular weight excluding hydrogens is 242 g/mol. The van der Waals surface area contributed by atoms with E-state index >= 15 is 0 Å². The highest BCUT2D eigenvalue weighted by molar-refractivity contribution is 9.10. The van der Waals surface area contributed by atoms with E-state index in [1.165, 1.54) is 0 Å². The molecule has 0 heterocycles. The summed E-state index contributed by atoms with van der Waals surface area (Å²) in [4.78, 5) is 0. The fourth-order valence-corrected chi connectivity index (χ4v) is 1.79. The van der Waals surface area contributed by atoms with Crippen LogP contribution in [0, 0.1) is 0 Å². The molecule has 1 rings (SSSR count). The summed E-state index contributed by atoms with van der Waals surface area (Å²) in [6.45, 7) is 2.13. The number of halogens is 1. The molecule has 0 saturated heterocycles. The van der Waals surface area contributed by atoms with E-state index in [1.54, 1.807) is 7.11 Å². The smallest absolute Gasteiger partial charge is 0.133 e. The Labute approximate surface area is 93.6 Å². The Kier molecular flexibility index (Phi) is 4.42. The summed E-state index contributed by atoms with van der Waals surface area (Å²) >= 11 is 3.41. The monoisotopic (exact) mass is 257 g/mol. The zero-order valence-corrected chi connectivity index (χ0v) is 10.2. The maximum absolute atomic E-state index is 6.01. The Morgan fingerprint density at radius 2 is 2.21 bits per heavy atom. The minimum Gasteiger partial charge on any atom is -0.496 e. The fourth-order valence-electron chi connectivity index (χ4n) is 1.38. The molecule has 0 bridgehead atoms. The largest absolute Gasteiger partial charge is 0.496 e. The highest BCUT2D eigenvalue weighted by Crippen LogP contribution is 2.28. The Balaban J connectivity index is 2.88. The van der Waals surface area contributed by atoms with Crippen molar-refractivity contribution in [3.05, 3.63) is 28.2 Å². The predicted octanol–water partition coefficient (Wildman–Crippen LogP) is 3.26. The van der Waals surface area contributed by atoms with Crippen LogP contribution in [0.1, 0.15) is 31.4 Å². The summed E-state index contributed by atoms with van der Waals surface area (Å²) in [7, 11) is 1.66. The summed E-state index contributed by atoms with van der Waals surface area (Å²) < 4.78 is 6.18. The van der Waals surface area contributed by atoms with E-state index in [9.17, 15) is 0 Å². The topological polar surface area (TPSA) is 35.2 Å². The van der Waals surface area contributed by atoms with Gasteiger partial charge in [-0.25, -0.2) is 0 Å². The fraction of sp³-hybridized carbons (Fsp3) is 0.455. The van der Waals surface area contributed by atoms with Crippen LogP contribution >= 0.6 is 15.9 Å². The maximum Gasteiger partial charge on any atom is 0.133 e. The predicted molar refractivity (Wildman–Crippen MR) is 62.5 cm³/mol. The van der Waals surface area contributed by atoms with Crippen molar-refractivity contribution in [2.45, 2.75) is 25.8 Å². The van der Waals surface area contributed by atoms with Crippen LogP contribution in [-0.4, -0.2) is 7.11 Å². The van der Waals surface area contributed by atoms with Crippen LogP contribution in [0.15, 0.2) is 22.7 Å². The second kappa shape index (κ2) is 5.37. The van der Waals surface area contributed by atoms with Crippen molar-refractivity contribution >= 4 is 15.9 Å². The second-order valence-corrected chi connectivity index (χ2v) is 4.14. The normalized spacial score (nSPS) is 12.6. The second-order valence-electron chi connectivity index (χ2n) is 3.29. The van der Waals surface area contributed by atoms with Crippen LogP contribution in [-0.2, 0) is 0 Å². The lowest BCUT2D eigenvalue weighted by Crippen LogP contribution is -2.09. The summed E-state index contributed by atoms with van der Waals surface area (Å²) in [5.74, 6) is 0.842. The Bertz CT molecular complexity index is 301. The third-order valence-corrected chi connectivity index (χ3v) is 2.86. The molecule has 0 spiro atoms. The molecule has 2 nitrogen and oxygen atoms in total. The van der Waals surface area contributed by atoms with Crippen molar-refractivity contribution in [3.63, 3.8) is 0 Å². The molecule has 0 radical (unpaired) electrons. The number of benzene rings is 1. The van der Waals surface area contributed by atoms with Gasteiger partial charge < -0.3 is 10.5 Å². The van der Waals surface area contributed by atoms with Crippen LogP contribution < -0.4 is 10.5 Å². The van der Waals surface area contributed by atoms with Gasteiger partial charge in [0.1, 0.15) is 5.75 Å². The van der Waals surface area contributed by atoms with E-state index < -0.39 is 0 Å². The zero-order valence-electron chi connectivity index (χ0n) is 8.59. The van der Waals surface area contributed by atoms with Gasteiger partial charge >= 0.3 is 0 Å². The molecular formula is C11H16BrNO. The van der Waals surface area contributed by atoms with Gasteiger partial charge in [-0.1, -0.05) is 19.4 Å². The number of rotatable bonds is 4.